The maximum absolute atomic E-state index is 12.5. The highest BCUT2D eigenvalue weighted by Gasteiger charge is 2.29. The number of likely N-dealkylation sites (tertiary alicyclic amines) is 1. The molecule has 1 N–H and O–H groups in total. The maximum atomic E-state index is 12.5. The van der Waals surface area contributed by atoms with Gasteiger partial charge in [0.25, 0.3) is 5.91 Å². The molecule has 0 unspecified atom stereocenters. The number of nitrogens with one attached hydrogen (secondary N) is 1. The minimum absolute atomic E-state index is 0.154. The number of sulfonamides is 1. The molecule has 2 fully saturated rings. The van der Waals surface area contributed by atoms with Crippen LogP contribution in [0.25, 0.3) is 0 Å². The second-order valence-electron chi connectivity index (χ2n) is 7.31. The van der Waals surface area contributed by atoms with Crippen LogP contribution in [0.15, 0.2) is 48.5 Å². The Morgan fingerprint density at radius 3 is 2.13 bits per heavy atom. The third-order valence-electron chi connectivity index (χ3n) is 5.22. The number of carbonyl (C=O) groups is 3. The molecule has 2 aliphatic heterocycles. The van der Waals surface area contributed by atoms with E-state index in [1.54, 1.807) is 48.5 Å². The SMILES string of the molecule is O=C(Nc1ccc(N2CCCS2(=O)=O)cc1)c1ccc(CN2C(=O)CCC2=O)cc1. The summed E-state index contributed by atoms with van der Waals surface area (Å²) in [6.45, 7) is 0.676. The van der Waals surface area contributed by atoms with E-state index in [1.165, 1.54) is 9.21 Å². The number of benzene rings is 2. The number of anilines is 2. The van der Waals surface area contributed by atoms with Gasteiger partial charge in [-0.05, 0) is 48.4 Å². The molecule has 0 aromatic heterocycles. The Bertz CT molecular complexity index is 1080. The molecule has 30 heavy (non-hydrogen) atoms. The van der Waals surface area contributed by atoms with E-state index in [0.717, 1.165) is 5.56 Å². The van der Waals surface area contributed by atoms with Crippen LogP contribution in [-0.4, -0.2) is 43.3 Å². The molecule has 0 radical (unpaired) electrons. The van der Waals surface area contributed by atoms with Gasteiger partial charge in [-0.3, -0.25) is 23.6 Å². The van der Waals surface area contributed by atoms with E-state index in [4.69, 9.17) is 0 Å². The summed E-state index contributed by atoms with van der Waals surface area (Å²) < 4.78 is 25.4. The molecule has 9 heteroatoms. The predicted octanol–water partition coefficient (Wildman–Crippen LogP) is 2.13. The molecule has 2 aromatic carbocycles. The van der Waals surface area contributed by atoms with Crippen LogP contribution >= 0.6 is 0 Å². The molecule has 2 aromatic rings. The summed E-state index contributed by atoms with van der Waals surface area (Å²) in [6, 6.07) is 13.4. The lowest BCUT2D eigenvalue weighted by Crippen LogP contribution is -2.28. The number of hydrogen-bond acceptors (Lipinski definition) is 5. The summed E-state index contributed by atoms with van der Waals surface area (Å²) in [5.74, 6) is -0.503. The monoisotopic (exact) mass is 427 g/mol. The number of imide groups is 1. The Hall–Kier alpha value is -3.20. The first kappa shape index (κ1) is 20.1. The van der Waals surface area contributed by atoms with Crippen molar-refractivity contribution in [3.8, 4) is 0 Å². The third kappa shape index (κ3) is 4.06. The zero-order valence-corrected chi connectivity index (χ0v) is 17.0. The molecule has 0 bridgehead atoms. The highest BCUT2D eigenvalue weighted by atomic mass is 32.2. The highest BCUT2D eigenvalue weighted by molar-refractivity contribution is 7.93. The van der Waals surface area contributed by atoms with Gasteiger partial charge in [0.2, 0.25) is 21.8 Å². The fraction of sp³-hybridized carbons (Fsp3) is 0.286. The number of amides is 3. The van der Waals surface area contributed by atoms with Crippen LogP contribution < -0.4 is 9.62 Å². The van der Waals surface area contributed by atoms with Crippen molar-refractivity contribution >= 4 is 39.1 Å². The summed E-state index contributed by atoms with van der Waals surface area (Å²) in [6.07, 6.45) is 1.11. The van der Waals surface area contributed by atoms with Gasteiger partial charge in [-0.2, -0.15) is 0 Å². The number of nitrogens with zero attached hydrogens (tertiary/aromatic N) is 2. The fourth-order valence-corrected chi connectivity index (χ4v) is 5.15. The highest BCUT2D eigenvalue weighted by Crippen LogP contribution is 2.25. The van der Waals surface area contributed by atoms with Crippen LogP contribution in [0.2, 0.25) is 0 Å². The first-order valence-electron chi connectivity index (χ1n) is 9.67. The van der Waals surface area contributed by atoms with E-state index in [9.17, 15) is 22.8 Å². The van der Waals surface area contributed by atoms with Crippen LogP contribution in [0.5, 0.6) is 0 Å². The molecule has 2 aliphatic rings. The molecule has 0 spiro atoms. The summed E-state index contributed by atoms with van der Waals surface area (Å²) in [7, 11) is -3.24. The lowest BCUT2D eigenvalue weighted by molar-refractivity contribution is -0.139. The van der Waals surface area contributed by atoms with E-state index >= 15 is 0 Å². The van der Waals surface area contributed by atoms with Crippen LogP contribution in [0.3, 0.4) is 0 Å². The van der Waals surface area contributed by atoms with Gasteiger partial charge in [-0.1, -0.05) is 12.1 Å². The third-order valence-corrected chi connectivity index (χ3v) is 7.09. The molecule has 0 saturated carbocycles. The molecule has 0 atom stereocenters. The zero-order chi connectivity index (χ0) is 21.3. The summed E-state index contributed by atoms with van der Waals surface area (Å²) in [5.41, 5.74) is 2.34. The van der Waals surface area contributed by atoms with Gasteiger partial charge < -0.3 is 5.32 Å². The van der Waals surface area contributed by atoms with Gasteiger partial charge in [-0.15, -0.1) is 0 Å². The maximum Gasteiger partial charge on any atom is 0.255 e. The van der Waals surface area contributed by atoms with Gasteiger partial charge in [0, 0.05) is 30.6 Å². The molecule has 4 rings (SSSR count). The lowest BCUT2D eigenvalue weighted by atomic mass is 10.1. The van der Waals surface area contributed by atoms with E-state index in [2.05, 4.69) is 5.32 Å². The van der Waals surface area contributed by atoms with Crippen molar-refractivity contribution in [2.24, 2.45) is 0 Å². The number of hydrogen-bond donors (Lipinski definition) is 1. The van der Waals surface area contributed by atoms with E-state index in [1.807, 2.05) is 0 Å². The van der Waals surface area contributed by atoms with Crippen molar-refractivity contribution in [3.05, 3.63) is 59.7 Å². The van der Waals surface area contributed by atoms with Crippen molar-refractivity contribution in [2.75, 3.05) is 21.9 Å². The van der Waals surface area contributed by atoms with E-state index in [0.29, 0.717) is 29.9 Å². The molecule has 156 valence electrons. The van der Waals surface area contributed by atoms with Crippen molar-refractivity contribution in [1.82, 2.24) is 4.90 Å². The summed E-state index contributed by atoms with van der Waals surface area (Å²) in [5, 5.41) is 2.78. The number of rotatable bonds is 5. The minimum Gasteiger partial charge on any atom is -0.322 e. The van der Waals surface area contributed by atoms with Crippen molar-refractivity contribution in [1.29, 1.82) is 0 Å². The Balaban J connectivity index is 1.39. The molecule has 2 saturated heterocycles. The predicted molar refractivity (Wildman–Crippen MR) is 111 cm³/mol. The van der Waals surface area contributed by atoms with Gasteiger partial charge >= 0.3 is 0 Å². The van der Waals surface area contributed by atoms with Crippen LogP contribution in [0, 0.1) is 0 Å². The summed E-state index contributed by atoms with van der Waals surface area (Å²) >= 11 is 0. The smallest absolute Gasteiger partial charge is 0.255 e. The normalized spacial score (nSPS) is 18.1. The van der Waals surface area contributed by atoms with Gasteiger partial charge in [0.15, 0.2) is 0 Å². The van der Waals surface area contributed by atoms with E-state index in [-0.39, 0.29) is 42.9 Å². The zero-order valence-electron chi connectivity index (χ0n) is 16.2. The second-order valence-corrected chi connectivity index (χ2v) is 9.33. The topological polar surface area (TPSA) is 104 Å². The Labute approximate surface area is 174 Å². The Morgan fingerprint density at radius 1 is 0.933 bits per heavy atom. The average Bonchev–Trinajstić information content (AvgIpc) is 3.24. The Kier molecular flexibility index (Phi) is 5.29. The van der Waals surface area contributed by atoms with Gasteiger partial charge in [0.05, 0.1) is 18.0 Å². The minimum atomic E-state index is -3.24. The van der Waals surface area contributed by atoms with E-state index < -0.39 is 10.0 Å². The summed E-state index contributed by atoms with van der Waals surface area (Å²) in [4.78, 5) is 37.1. The largest absolute Gasteiger partial charge is 0.322 e. The molecule has 3 amide bonds. The van der Waals surface area contributed by atoms with Crippen molar-refractivity contribution in [2.45, 2.75) is 25.8 Å². The molecular weight excluding hydrogens is 406 g/mol. The van der Waals surface area contributed by atoms with Crippen LogP contribution in [0.1, 0.15) is 35.2 Å². The molecule has 2 heterocycles. The van der Waals surface area contributed by atoms with Crippen LogP contribution in [0.4, 0.5) is 11.4 Å². The first-order valence-corrected chi connectivity index (χ1v) is 11.3. The average molecular weight is 427 g/mol. The standard InChI is InChI=1S/C21H21N3O5S/c25-19-10-11-20(26)23(19)14-15-2-4-16(5-3-15)21(27)22-17-6-8-18(9-7-17)24-12-1-13-30(24,28)29/h2-9H,1,10-14H2,(H,22,27). The fourth-order valence-electron chi connectivity index (χ4n) is 3.59. The van der Waals surface area contributed by atoms with Gasteiger partial charge in [0.1, 0.15) is 0 Å². The quantitative estimate of drug-likeness (QED) is 0.736. The van der Waals surface area contributed by atoms with Crippen molar-refractivity contribution < 1.29 is 22.8 Å². The first-order chi connectivity index (χ1) is 14.3. The van der Waals surface area contributed by atoms with Gasteiger partial charge in [-0.25, -0.2) is 8.42 Å². The Morgan fingerprint density at radius 2 is 1.57 bits per heavy atom. The van der Waals surface area contributed by atoms with Crippen molar-refractivity contribution in [3.63, 3.8) is 0 Å². The second kappa shape index (κ2) is 7.91. The number of carbonyl (C=O) groups excluding carboxylic acids is 3. The molecule has 8 nitrogen and oxygen atoms in total. The van der Waals surface area contributed by atoms with Crippen LogP contribution in [-0.2, 0) is 26.2 Å². The molecular formula is C21H21N3O5S. The lowest BCUT2D eigenvalue weighted by Gasteiger charge is -2.17. The molecule has 0 aliphatic carbocycles.